The monoisotopic (exact) mass is 198 g/mol. The van der Waals surface area contributed by atoms with E-state index in [0.717, 1.165) is 5.69 Å². The summed E-state index contributed by atoms with van der Waals surface area (Å²) in [5, 5.41) is 0. The van der Waals surface area contributed by atoms with Gasteiger partial charge in [0.1, 0.15) is 18.2 Å². The topological polar surface area (TPSA) is 38.5 Å². The molecule has 0 atom stereocenters. The quantitative estimate of drug-likeness (QED) is 0.790. The van der Waals surface area contributed by atoms with E-state index < -0.39 is 0 Å². The number of rotatable bonds is 4. The number of hydrogen-bond donors (Lipinski definition) is 1. The van der Waals surface area contributed by atoms with Crippen LogP contribution >= 0.6 is 0 Å². The van der Waals surface area contributed by atoms with Gasteiger partial charge in [0.15, 0.2) is 0 Å². The van der Waals surface area contributed by atoms with E-state index in [9.17, 15) is 4.39 Å². The summed E-state index contributed by atoms with van der Waals surface area (Å²) >= 11 is 0. The number of ether oxygens (including phenoxy) is 1. The molecule has 0 unspecified atom stereocenters. The number of nitrogens with zero attached hydrogens (tertiary/aromatic N) is 1. The van der Waals surface area contributed by atoms with E-state index in [0.29, 0.717) is 18.9 Å². The van der Waals surface area contributed by atoms with Crippen LogP contribution < -0.4 is 15.4 Å². The van der Waals surface area contributed by atoms with E-state index in [2.05, 4.69) is 0 Å². The van der Waals surface area contributed by atoms with Gasteiger partial charge in [-0.2, -0.15) is 0 Å². The largest absolute Gasteiger partial charge is 0.490 e. The normalized spacial score (nSPS) is 10.0. The molecule has 0 saturated carbocycles. The van der Waals surface area contributed by atoms with Gasteiger partial charge in [-0.15, -0.1) is 0 Å². The predicted molar refractivity (Wildman–Crippen MR) is 55.3 cm³/mol. The summed E-state index contributed by atoms with van der Waals surface area (Å²) in [7, 11) is 3.67. The molecule has 0 saturated heterocycles. The van der Waals surface area contributed by atoms with Crippen LogP contribution in [0.25, 0.3) is 0 Å². The van der Waals surface area contributed by atoms with E-state index in [1.54, 1.807) is 11.0 Å². The molecule has 0 aromatic heterocycles. The molecule has 0 spiro atoms. The molecule has 0 fully saturated rings. The fourth-order valence-electron chi connectivity index (χ4n) is 1.13. The summed E-state index contributed by atoms with van der Waals surface area (Å²) in [6, 6.07) is 4.42. The lowest BCUT2D eigenvalue weighted by atomic mass is 10.2. The molecule has 14 heavy (non-hydrogen) atoms. The third-order valence-corrected chi connectivity index (χ3v) is 1.78. The second-order valence-electron chi connectivity index (χ2n) is 3.14. The van der Waals surface area contributed by atoms with E-state index in [1.807, 2.05) is 14.1 Å². The van der Waals surface area contributed by atoms with Crippen LogP contribution in [-0.2, 0) is 0 Å². The minimum Gasteiger partial charge on any atom is -0.490 e. The van der Waals surface area contributed by atoms with Gasteiger partial charge in [-0.25, -0.2) is 4.39 Å². The third-order valence-electron chi connectivity index (χ3n) is 1.78. The molecule has 1 aromatic rings. The molecule has 0 aliphatic heterocycles. The molecule has 0 bridgehead atoms. The second-order valence-corrected chi connectivity index (χ2v) is 3.14. The maximum absolute atomic E-state index is 12.9. The maximum atomic E-state index is 12.9. The summed E-state index contributed by atoms with van der Waals surface area (Å²) < 4.78 is 18.3. The molecule has 0 aliphatic carbocycles. The SMILES string of the molecule is CN(C)c1cc(F)ccc1OCCN. The van der Waals surface area contributed by atoms with Gasteiger partial charge in [-0.3, -0.25) is 0 Å². The lowest BCUT2D eigenvalue weighted by Gasteiger charge is -2.17. The van der Waals surface area contributed by atoms with Crippen LogP contribution in [0.2, 0.25) is 0 Å². The summed E-state index contributed by atoms with van der Waals surface area (Å²) in [5.74, 6) is 0.385. The number of hydrogen-bond acceptors (Lipinski definition) is 3. The molecule has 0 amide bonds. The Hall–Kier alpha value is -1.29. The van der Waals surface area contributed by atoms with E-state index in [1.165, 1.54) is 12.1 Å². The van der Waals surface area contributed by atoms with Crippen molar-refractivity contribution in [2.24, 2.45) is 5.73 Å². The van der Waals surface area contributed by atoms with Crippen LogP contribution in [-0.4, -0.2) is 27.2 Å². The third kappa shape index (κ3) is 2.60. The molecule has 1 rings (SSSR count). The highest BCUT2D eigenvalue weighted by atomic mass is 19.1. The van der Waals surface area contributed by atoms with Crippen molar-refractivity contribution in [3.05, 3.63) is 24.0 Å². The molecular formula is C10H15FN2O. The molecule has 4 heteroatoms. The first-order chi connectivity index (χ1) is 6.65. The molecule has 0 aliphatic rings. The van der Waals surface area contributed by atoms with Gasteiger partial charge in [-0.1, -0.05) is 0 Å². The maximum Gasteiger partial charge on any atom is 0.142 e. The van der Waals surface area contributed by atoms with Gasteiger partial charge < -0.3 is 15.4 Å². The average molecular weight is 198 g/mol. The predicted octanol–water partition coefficient (Wildman–Crippen LogP) is 1.23. The number of nitrogens with two attached hydrogens (primary N) is 1. The molecule has 1 aromatic carbocycles. The summed E-state index contributed by atoms with van der Waals surface area (Å²) in [6.07, 6.45) is 0. The Labute approximate surface area is 83.3 Å². The second kappa shape index (κ2) is 4.81. The van der Waals surface area contributed by atoms with Crippen LogP contribution in [0.3, 0.4) is 0 Å². The van der Waals surface area contributed by atoms with Gasteiger partial charge in [0.25, 0.3) is 0 Å². The first kappa shape index (κ1) is 10.8. The fraction of sp³-hybridized carbons (Fsp3) is 0.400. The summed E-state index contributed by atoms with van der Waals surface area (Å²) in [4.78, 5) is 1.80. The first-order valence-corrected chi connectivity index (χ1v) is 4.45. The van der Waals surface area contributed by atoms with E-state index >= 15 is 0 Å². The zero-order chi connectivity index (χ0) is 10.6. The van der Waals surface area contributed by atoms with Crippen molar-refractivity contribution in [2.45, 2.75) is 0 Å². The van der Waals surface area contributed by atoms with Crippen LogP contribution in [0.15, 0.2) is 18.2 Å². The van der Waals surface area contributed by atoms with E-state index in [4.69, 9.17) is 10.5 Å². The molecule has 78 valence electrons. The lowest BCUT2D eigenvalue weighted by Crippen LogP contribution is -2.14. The van der Waals surface area contributed by atoms with Gasteiger partial charge in [0.05, 0.1) is 5.69 Å². The number of anilines is 1. The Balaban J connectivity index is 2.90. The molecule has 2 N–H and O–H groups in total. The van der Waals surface area contributed by atoms with Gasteiger partial charge in [0.2, 0.25) is 0 Å². The smallest absolute Gasteiger partial charge is 0.142 e. The van der Waals surface area contributed by atoms with Gasteiger partial charge in [-0.05, 0) is 12.1 Å². The Bertz CT molecular complexity index is 302. The van der Waals surface area contributed by atoms with Crippen molar-refractivity contribution in [1.82, 2.24) is 0 Å². The van der Waals surface area contributed by atoms with E-state index in [-0.39, 0.29) is 5.82 Å². The molecular weight excluding hydrogens is 183 g/mol. The van der Waals surface area contributed by atoms with Crippen molar-refractivity contribution < 1.29 is 9.13 Å². The summed E-state index contributed by atoms with van der Waals surface area (Å²) in [6.45, 7) is 0.886. The molecule has 3 nitrogen and oxygen atoms in total. The highest BCUT2D eigenvalue weighted by molar-refractivity contribution is 5.57. The average Bonchev–Trinajstić information content (AvgIpc) is 2.15. The van der Waals surface area contributed by atoms with Crippen LogP contribution in [0.4, 0.5) is 10.1 Å². The lowest BCUT2D eigenvalue weighted by molar-refractivity contribution is 0.328. The zero-order valence-corrected chi connectivity index (χ0v) is 8.46. The minimum atomic E-state index is -0.270. The Morgan fingerprint density at radius 3 is 2.71 bits per heavy atom. The fourth-order valence-corrected chi connectivity index (χ4v) is 1.13. The Morgan fingerprint density at radius 1 is 1.43 bits per heavy atom. The van der Waals surface area contributed by atoms with Crippen molar-refractivity contribution in [3.8, 4) is 5.75 Å². The number of benzene rings is 1. The molecule has 0 radical (unpaired) electrons. The first-order valence-electron chi connectivity index (χ1n) is 4.45. The van der Waals surface area contributed by atoms with Crippen LogP contribution in [0.5, 0.6) is 5.75 Å². The Morgan fingerprint density at radius 2 is 2.14 bits per heavy atom. The highest BCUT2D eigenvalue weighted by Gasteiger charge is 2.06. The minimum absolute atomic E-state index is 0.270. The van der Waals surface area contributed by atoms with Crippen molar-refractivity contribution in [1.29, 1.82) is 0 Å². The van der Waals surface area contributed by atoms with Crippen molar-refractivity contribution in [3.63, 3.8) is 0 Å². The summed E-state index contributed by atoms with van der Waals surface area (Å²) in [5.41, 5.74) is 6.04. The van der Waals surface area contributed by atoms with Gasteiger partial charge in [0, 0.05) is 26.7 Å². The van der Waals surface area contributed by atoms with Crippen molar-refractivity contribution in [2.75, 3.05) is 32.1 Å². The standard InChI is InChI=1S/C10H15FN2O/c1-13(2)9-7-8(11)3-4-10(9)14-6-5-12/h3-4,7H,5-6,12H2,1-2H3. The highest BCUT2D eigenvalue weighted by Crippen LogP contribution is 2.27. The van der Waals surface area contributed by atoms with Crippen molar-refractivity contribution >= 4 is 5.69 Å². The number of halogens is 1. The van der Waals surface area contributed by atoms with Crippen LogP contribution in [0, 0.1) is 5.82 Å². The van der Waals surface area contributed by atoms with Crippen LogP contribution in [0.1, 0.15) is 0 Å². The molecule has 0 heterocycles. The zero-order valence-electron chi connectivity index (χ0n) is 8.46. The van der Waals surface area contributed by atoms with Gasteiger partial charge >= 0.3 is 0 Å². The Kier molecular flexibility index (Phi) is 3.71.